The van der Waals surface area contributed by atoms with Gasteiger partial charge >= 0.3 is 0 Å². The van der Waals surface area contributed by atoms with Crippen molar-refractivity contribution in [3.05, 3.63) is 42.4 Å². The van der Waals surface area contributed by atoms with Gasteiger partial charge in [0.25, 0.3) is 0 Å². The van der Waals surface area contributed by atoms with Crippen LogP contribution in [0.1, 0.15) is 5.56 Å². The van der Waals surface area contributed by atoms with Crippen molar-refractivity contribution in [1.29, 1.82) is 0 Å². The number of pyridine rings is 1. The van der Waals surface area contributed by atoms with E-state index in [0.29, 0.717) is 0 Å². The van der Waals surface area contributed by atoms with Gasteiger partial charge in [-0.25, -0.2) is 4.98 Å². The third-order valence-corrected chi connectivity index (χ3v) is 2.76. The summed E-state index contributed by atoms with van der Waals surface area (Å²) in [5, 5.41) is 4.35. The van der Waals surface area contributed by atoms with E-state index in [9.17, 15) is 0 Å². The molecule has 2 rings (SSSR count). The molecule has 2 N–H and O–H groups in total. The van der Waals surface area contributed by atoms with Crippen LogP contribution < -0.4 is 5.32 Å². The van der Waals surface area contributed by atoms with Crippen LogP contribution in [0.3, 0.4) is 0 Å². The fourth-order valence-corrected chi connectivity index (χ4v) is 1.64. The largest absolute Gasteiger partial charge is 0.380 e. The lowest BCUT2D eigenvalue weighted by Crippen LogP contribution is -1.98. The van der Waals surface area contributed by atoms with E-state index in [1.807, 2.05) is 37.0 Å². The lowest BCUT2D eigenvalue weighted by molar-refractivity contribution is 1.10. The highest BCUT2D eigenvalue weighted by Gasteiger charge is 1.95. The summed E-state index contributed by atoms with van der Waals surface area (Å²) < 4.78 is 0. The lowest BCUT2D eigenvalue weighted by atomic mass is 10.3. The molecule has 0 spiro atoms. The van der Waals surface area contributed by atoms with E-state index in [1.165, 1.54) is 5.56 Å². The third kappa shape index (κ3) is 2.76. The molecule has 0 amide bonds. The standard InChI is InChI=1S/C11H13N3S/c1-15-11-3-2-10(8-14-11)13-7-9-4-5-12-6-9/h2-6,8,12-13H,7H2,1H3. The van der Waals surface area contributed by atoms with Gasteiger partial charge in [-0.05, 0) is 30.0 Å². The number of anilines is 1. The van der Waals surface area contributed by atoms with Crippen molar-refractivity contribution in [3.8, 4) is 0 Å². The Balaban J connectivity index is 1.93. The van der Waals surface area contributed by atoms with Gasteiger partial charge in [0.1, 0.15) is 0 Å². The highest BCUT2D eigenvalue weighted by atomic mass is 32.2. The Labute approximate surface area is 93.3 Å². The maximum absolute atomic E-state index is 4.29. The van der Waals surface area contributed by atoms with E-state index in [-0.39, 0.29) is 0 Å². The molecule has 15 heavy (non-hydrogen) atoms. The number of nitrogens with zero attached hydrogens (tertiary/aromatic N) is 1. The van der Waals surface area contributed by atoms with Gasteiger partial charge in [0.2, 0.25) is 0 Å². The Hall–Kier alpha value is -1.42. The number of hydrogen-bond acceptors (Lipinski definition) is 3. The summed E-state index contributed by atoms with van der Waals surface area (Å²) in [7, 11) is 0. The average molecular weight is 219 g/mol. The molecule has 0 aliphatic carbocycles. The Kier molecular flexibility index (Phi) is 3.29. The van der Waals surface area contributed by atoms with Gasteiger partial charge in [-0.15, -0.1) is 11.8 Å². The minimum Gasteiger partial charge on any atom is -0.380 e. The summed E-state index contributed by atoms with van der Waals surface area (Å²) >= 11 is 1.65. The van der Waals surface area contributed by atoms with Crippen molar-refractivity contribution in [2.75, 3.05) is 11.6 Å². The van der Waals surface area contributed by atoms with E-state index in [4.69, 9.17) is 0 Å². The zero-order chi connectivity index (χ0) is 10.5. The molecule has 2 aromatic heterocycles. The van der Waals surface area contributed by atoms with Crippen LogP contribution in [0.2, 0.25) is 0 Å². The van der Waals surface area contributed by atoms with Gasteiger partial charge in [-0.1, -0.05) is 0 Å². The Morgan fingerprint density at radius 1 is 1.40 bits per heavy atom. The van der Waals surface area contributed by atoms with Crippen LogP contribution in [0, 0.1) is 0 Å². The summed E-state index contributed by atoms with van der Waals surface area (Å²) in [5.41, 5.74) is 2.29. The summed E-state index contributed by atoms with van der Waals surface area (Å²) in [6.45, 7) is 0.823. The first-order chi connectivity index (χ1) is 7.38. The second kappa shape index (κ2) is 4.89. The Bertz CT molecular complexity index is 394. The van der Waals surface area contributed by atoms with E-state index in [0.717, 1.165) is 17.3 Å². The van der Waals surface area contributed by atoms with Crippen LogP contribution >= 0.6 is 11.8 Å². The second-order valence-corrected chi connectivity index (χ2v) is 3.99. The fraction of sp³-hybridized carbons (Fsp3) is 0.182. The minimum atomic E-state index is 0.823. The first kappa shape index (κ1) is 10.1. The molecule has 0 saturated heterocycles. The van der Waals surface area contributed by atoms with E-state index < -0.39 is 0 Å². The number of hydrogen-bond donors (Lipinski definition) is 2. The third-order valence-electron chi connectivity index (χ3n) is 2.10. The predicted molar refractivity (Wildman–Crippen MR) is 64.1 cm³/mol. The molecule has 0 aliphatic heterocycles. The molecule has 0 saturated carbocycles. The molecule has 4 heteroatoms. The fourth-order valence-electron chi connectivity index (χ4n) is 1.28. The molecular weight excluding hydrogens is 206 g/mol. The monoisotopic (exact) mass is 219 g/mol. The van der Waals surface area contributed by atoms with Crippen molar-refractivity contribution in [3.63, 3.8) is 0 Å². The maximum atomic E-state index is 4.29. The molecular formula is C11H13N3S. The van der Waals surface area contributed by atoms with Crippen molar-refractivity contribution >= 4 is 17.4 Å². The van der Waals surface area contributed by atoms with Gasteiger partial charge in [0.05, 0.1) is 16.9 Å². The number of H-pyrrole nitrogens is 1. The van der Waals surface area contributed by atoms with Crippen LogP contribution in [-0.4, -0.2) is 16.2 Å². The highest BCUT2D eigenvalue weighted by molar-refractivity contribution is 7.98. The molecule has 0 atom stereocenters. The van der Waals surface area contributed by atoms with Crippen molar-refractivity contribution in [2.24, 2.45) is 0 Å². The van der Waals surface area contributed by atoms with Crippen molar-refractivity contribution in [2.45, 2.75) is 11.6 Å². The van der Waals surface area contributed by atoms with E-state index in [2.05, 4.69) is 21.4 Å². The quantitative estimate of drug-likeness (QED) is 0.777. The van der Waals surface area contributed by atoms with Gasteiger partial charge < -0.3 is 10.3 Å². The second-order valence-electron chi connectivity index (χ2n) is 3.16. The highest BCUT2D eigenvalue weighted by Crippen LogP contribution is 2.14. The lowest BCUT2D eigenvalue weighted by Gasteiger charge is -2.04. The molecule has 2 aromatic rings. The van der Waals surface area contributed by atoms with Gasteiger partial charge in [-0.2, -0.15) is 0 Å². The minimum absolute atomic E-state index is 0.823. The predicted octanol–water partition coefficient (Wildman–Crippen LogP) is 2.74. The molecule has 0 fully saturated rings. The van der Waals surface area contributed by atoms with Crippen molar-refractivity contribution in [1.82, 2.24) is 9.97 Å². The van der Waals surface area contributed by atoms with Gasteiger partial charge in [0.15, 0.2) is 0 Å². The summed E-state index contributed by atoms with van der Waals surface area (Å²) in [6.07, 6.45) is 7.79. The summed E-state index contributed by atoms with van der Waals surface area (Å²) in [5.74, 6) is 0. The molecule has 0 radical (unpaired) electrons. The number of aromatic nitrogens is 2. The van der Waals surface area contributed by atoms with E-state index in [1.54, 1.807) is 11.8 Å². The zero-order valence-corrected chi connectivity index (χ0v) is 9.34. The SMILES string of the molecule is CSc1ccc(NCc2cc[nH]c2)cn1. The van der Waals surface area contributed by atoms with Gasteiger partial charge in [0, 0.05) is 18.9 Å². The smallest absolute Gasteiger partial charge is 0.0958 e. The molecule has 0 unspecified atom stereocenters. The molecule has 0 aliphatic rings. The molecule has 78 valence electrons. The molecule has 3 nitrogen and oxygen atoms in total. The van der Waals surface area contributed by atoms with Crippen LogP contribution in [0.4, 0.5) is 5.69 Å². The zero-order valence-electron chi connectivity index (χ0n) is 8.53. The normalized spacial score (nSPS) is 10.2. The topological polar surface area (TPSA) is 40.7 Å². The number of nitrogens with one attached hydrogen (secondary N) is 2. The maximum Gasteiger partial charge on any atom is 0.0958 e. The first-order valence-corrected chi connectivity index (χ1v) is 5.96. The van der Waals surface area contributed by atoms with Crippen LogP contribution in [-0.2, 0) is 6.54 Å². The average Bonchev–Trinajstić information content (AvgIpc) is 2.80. The van der Waals surface area contributed by atoms with Gasteiger partial charge in [-0.3, -0.25) is 0 Å². The molecule has 0 aromatic carbocycles. The Morgan fingerprint density at radius 3 is 2.93 bits per heavy atom. The van der Waals surface area contributed by atoms with Crippen LogP contribution in [0.15, 0.2) is 41.8 Å². The van der Waals surface area contributed by atoms with Crippen LogP contribution in [0.5, 0.6) is 0 Å². The molecule has 0 bridgehead atoms. The Morgan fingerprint density at radius 2 is 2.33 bits per heavy atom. The van der Waals surface area contributed by atoms with Crippen molar-refractivity contribution < 1.29 is 0 Å². The van der Waals surface area contributed by atoms with Crippen LogP contribution in [0.25, 0.3) is 0 Å². The number of rotatable bonds is 4. The number of aromatic amines is 1. The van der Waals surface area contributed by atoms with E-state index >= 15 is 0 Å². The summed E-state index contributed by atoms with van der Waals surface area (Å²) in [4.78, 5) is 7.32. The first-order valence-electron chi connectivity index (χ1n) is 4.74. The summed E-state index contributed by atoms with van der Waals surface area (Å²) in [6, 6.07) is 6.12. The molecule has 2 heterocycles. The number of thioether (sulfide) groups is 1.